The first-order chi connectivity index (χ1) is 10.2. The minimum Gasteiger partial charge on any atom is -0.324 e. The van der Waals surface area contributed by atoms with Crippen molar-refractivity contribution in [2.24, 2.45) is 0 Å². The number of benzene rings is 1. The molecule has 2 aromatic rings. The highest BCUT2D eigenvalue weighted by Gasteiger charge is 2.05. The molecule has 5 heteroatoms. The second kappa shape index (κ2) is 7.38. The quantitative estimate of drug-likeness (QED) is 0.885. The molecule has 21 heavy (non-hydrogen) atoms. The molecular formula is C16H19N3O2. The van der Waals surface area contributed by atoms with Gasteiger partial charge in [0.05, 0.1) is 0 Å². The predicted octanol–water partition coefficient (Wildman–Crippen LogP) is 2.22. The third kappa shape index (κ3) is 4.56. The van der Waals surface area contributed by atoms with E-state index in [9.17, 15) is 9.59 Å². The monoisotopic (exact) mass is 285 g/mol. The van der Waals surface area contributed by atoms with Gasteiger partial charge in [-0.25, -0.2) is 4.68 Å². The maximum Gasteiger partial charge on any atom is 0.267 e. The molecule has 1 aromatic heterocycles. The number of unbranched alkanes of at least 4 members (excludes halogenated alkanes) is 1. The van der Waals surface area contributed by atoms with Crippen LogP contribution in [0.3, 0.4) is 0 Å². The molecule has 1 amide bonds. The van der Waals surface area contributed by atoms with Crippen LogP contribution in [0.25, 0.3) is 0 Å². The Bertz CT molecular complexity index is 647. The van der Waals surface area contributed by atoms with Gasteiger partial charge >= 0.3 is 0 Å². The van der Waals surface area contributed by atoms with Gasteiger partial charge in [-0.1, -0.05) is 25.5 Å². The number of aryl methyl sites for hydroxylation is 1. The van der Waals surface area contributed by atoms with Crippen LogP contribution in [0.2, 0.25) is 0 Å². The normalized spacial score (nSPS) is 10.3. The van der Waals surface area contributed by atoms with E-state index >= 15 is 0 Å². The Labute approximate surface area is 123 Å². The molecule has 0 fully saturated rings. The SMILES string of the molecule is CCCCc1ccc(NC(=O)Cn2ncccc2=O)cc1. The summed E-state index contributed by atoms with van der Waals surface area (Å²) in [5.41, 5.74) is 1.70. The van der Waals surface area contributed by atoms with E-state index in [-0.39, 0.29) is 18.0 Å². The molecule has 0 atom stereocenters. The van der Waals surface area contributed by atoms with E-state index in [1.54, 1.807) is 6.07 Å². The lowest BCUT2D eigenvalue weighted by Crippen LogP contribution is -2.28. The molecule has 1 aromatic carbocycles. The number of rotatable bonds is 6. The van der Waals surface area contributed by atoms with Crippen LogP contribution in [-0.4, -0.2) is 15.7 Å². The first kappa shape index (κ1) is 15.0. The topological polar surface area (TPSA) is 64.0 Å². The number of nitrogens with one attached hydrogen (secondary N) is 1. The molecule has 5 nitrogen and oxygen atoms in total. The van der Waals surface area contributed by atoms with Crippen molar-refractivity contribution >= 4 is 11.6 Å². The van der Waals surface area contributed by atoms with E-state index in [4.69, 9.17) is 0 Å². The first-order valence-corrected chi connectivity index (χ1v) is 7.10. The van der Waals surface area contributed by atoms with Gasteiger partial charge in [-0.3, -0.25) is 9.59 Å². The number of anilines is 1. The van der Waals surface area contributed by atoms with E-state index in [0.717, 1.165) is 29.6 Å². The van der Waals surface area contributed by atoms with Crippen LogP contribution < -0.4 is 10.9 Å². The van der Waals surface area contributed by atoms with Gasteiger partial charge in [-0.15, -0.1) is 0 Å². The van der Waals surface area contributed by atoms with Gasteiger partial charge in [-0.2, -0.15) is 5.10 Å². The molecule has 0 aliphatic rings. The summed E-state index contributed by atoms with van der Waals surface area (Å²) in [5, 5.41) is 6.61. The fourth-order valence-electron chi connectivity index (χ4n) is 1.98. The summed E-state index contributed by atoms with van der Waals surface area (Å²) >= 11 is 0. The maximum absolute atomic E-state index is 11.9. The van der Waals surface area contributed by atoms with Gasteiger partial charge in [0.1, 0.15) is 6.54 Å². The standard InChI is InChI=1S/C16H19N3O2/c1-2-3-5-13-7-9-14(10-8-13)18-15(20)12-19-16(21)6-4-11-17-19/h4,6-11H,2-3,5,12H2,1H3,(H,18,20). The molecule has 110 valence electrons. The Kier molecular flexibility index (Phi) is 5.26. The summed E-state index contributed by atoms with van der Waals surface area (Å²) in [7, 11) is 0. The molecule has 0 saturated heterocycles. The van der Waals surface area contributed by atoms with E-state index in [1.165, 1.54) is 17.8 Å². The maximum atomic E-state index is 11.9. The Hall–Kier alpha value is -2.43. The second-order valence-corrected chi connectivity index (χ2v) is 4.87. The van der Waals surface area contributed by atoms with Crippen molar-refractivity contribution in [1.29, 1.82) is 0 Å². The number of nitrogens with zero attached hydrogens (tertiary/aromatic N) is 2. The zero-order valence-corrected chi connectivity index (χ0v) is 12.1. The average molecular weight is 285 g/mol. The minimum absolute atomic E-state index is 0.0861. The van der Waals surface area contributed by atoms with Crippen molar-refractivity contribution in [3.8, 4) is 0 Å². The van der Waals surface area contributed by atoms with Crippen LogP contribution in [0, 0.1) is 0 Å². The summed E-state index contributed by atoms with van der Waals surface area (Å²) in [5.74, 6) is -0.267. The van der Waals surface area contributed by atoms with Gasteiger partial charge in [0.15, 0.2) is 0 Å². The molecular weight excluding hydrogens is 266 g/mol. The van der Waals surface area contributed by atoms with Gasteiger partial charge < -0.3 is 5.32 Å². The molecule has 0 aliphatic heterocycles. The van der Waals surface area contributed by atoms with E-state index < -0.39 is 0 Å². The Morgan fingerprint density at radius 3 is 2.67 bits per heavy atom. The number of aromatic nitrogens is 2. The fraction of sp³-hybridized carbons (Fsp3) is 0.312. The van der Waals surface area contributed by atoms with Gasteiger partial charge in [0.25, 0.3) is 5.56 Å². The van der Waals surface area contributed by atoms with E-state index in [1.807, 2.05) is 24.3 Å². The number of carbonyl (C=O) groups is 1. The first-order valence-electron chi connectivity index (χ1n) is 7.10. The predicted molar refractivity (Wildman–Crippen MR) is 82.2 cm³/mol. The van der Waals surface area contributed by atoms with Crippen molar-refractivity contribution in [2.45, 2.75) is 32.7 Å². The Balaban J connectivity index is 1.93. The largest absolute Gasteiger partial charge is 0.324 e. The summed E-state index contributed by atoms with van der Waals surface area (Å²) in [4.78, 5) is 23.4. The van der Waals surface area contributed by atoms with E-state index in [0.29, 0.717) is 0 Å². The van der Waals surface area contributed by atoms with Crippen LogP contribution >= 0.6 is 0 Å². The van der Waals surface area contributed by atoms with Crippen molar-refractivity contribution in [2.75, 3.05) is 5.32 Å². The van der Waals surface area contributed by atoms with Gasteiger partial charge in [0, 0.05) is 18.0 Å². The molecule has 0 saturated carbocycles. The Morgan fingerprint density at radius 1 is 1.24 bits per heavy atom. The number of hydrogen-bond donors (Lipinski definition) is 1. The molecule has 0 radical (unpaired) electrons. The van der Waals surface area contributed by atoms with E-state index in [2.05, 4.69) is 17.3 Å². The Morgan fingerprint density at radius 2 is 2.00 bits per heavy atom. The van der Waals surface area contributed by atoms with Crippen LogP contribution in [0.1, 0.15) is 25.3 Å². The molecule has 2 rings (SSSR count). The smallest absolute Gasteiger partial charge is 0.267 e. The highest BCUT2D eigenvalue weighted by atomic mass is 16.2. The highest BCUT2D eigenvalue weighted by molar-refractivity contribution is 5.90. The number of carbonyl (C=O) groups excluding carboxylic acids is 1. The van der Waals surface area contributed by atoms with Crippen molar-refractivity contribution in [3.63, 3.8) is 0 Å². The molecule has 1 N–H and O–H groups in total. The number of hydrogen-bond acceptors (Lipinski definition) is 3. The summed E-state index contributed by atoms with van der Waals surface area (Å²) in [6.07, 6.45) is 4.86. The summed E-state index contributed by atoms with van der Waals surface area (Å²) in [6.45, 7) is 2.07. The third-order valence-corrected chi connectivity index (χ3v) is 3.14. The summed E-state index contributed by atoms with van der Waals surface area (Å²) < 4.78 is 1.13. The highest BCUT2D eigenvalue weighted by Crippen LogP contribution is 2.11. The molecule has 0 aliphatic carbocycles. The molecule has 1 heterocycles. The summed E-state index contributed by atoms with van der Waals surface area (Å²) in [6, 6.07) is 10.7. The van der Waals surface area contributed by atoms with Crippen LogP contribution in [0.15, 0.2) is 47.4 Å². The van der Waals surface area contributed by atoms with Gasteiger partial charge in [-0.05, 0) is 36.6 Å². The molecule has 0 unspecified atom stereocenters. The lowest BCUT2D eigenvalue weighted by atomic mass is 10.1. The van der Waals surface area contributed by atoms with Crippen LogP contribution in [-0.2, 0) is 17.8 Å². The second-order valence-electron chi connectivity index (χ2n) is 4.87. The number of amides is 1. The lowest BCUT2D eigenvalue weighted by molar-refractivity contribution is -0.117. The van der Waals surface area contributed by atoms with Crippen molar-refractivity contribution in [1.82, 2.24) is 9.78 Å². The molecule has 0 bridgehead atoms. The van der Waals surface area contributed by atoms with Crippen molar-refractivity contribution in [3.05, 3.63) is 58.5 Å². The van der Waals surface area contributed by atoms with Gasteiger partial charge in [0.2, 0.25) is 5.91 Å². The zero-order chi connectivity index (χ0) is 15.1. The third-order valence-electron chi connectivity index (χ3n) is 3.14. The lowest BCUT2D eigenvalue weighted by Gasteiger charge is -2.07. The zero-order valence-electron chi connectivity index (χ0n) is 12.1. The fourth-order valence-corrected chi connectivity index (χ4v) is 1.98. The van der Waals surface area contributed by atoms with Crippen LogP contribution in [0.5, 0.6) is 0 Å². The minimum atomic E-state index is -0.289. The molecule has 0 spiro atoms. The van der Waals surface area contributed by atoms with Crippen molar-refractivity contribution < 1.29 is 4.79 Å². The average Bonchev–Trinajstić information content (AvgIpc) is 2.49. The van der Waals surface area contributed by atoms with Crippen LogP contribution in [0.4, 0.5) is 5.69 Å².